The van der Waals surface area contributed by atoms with Crippen molar-refractivity contribution in [2.45, 2.75) is 75.9 Å². The van der Waals surface area contributed by atoms with E-state index >= 15 is 0 Å². The van der Waals surface area contributed by atoms with Gasteiger partial charge >= 0.3 is 0 Å². The quantitative estimate of drug-likeness (QED) is 0.691. The molecule has 0 aromatic carbocycles. The van der Waals surface area contributed by atoms with E-state index in [-0.39, 0.29) is 24.0 Å². The average molecular weight is 441 g/mol. The highest BCUT2D eigenvalue weighted by atomic mass is 32.2. The number of ether oxygens (including phenoxy) is 1. The summed E-state index contributed by atoms with van der Waals surface area (Å²) in [5.41, 5.74) is 0. The molecule has 1 aromatic rings. The summed E-state index contributed by atoms with van der Waals surface area (Å²) in [6.07, 6.45) is 9.01. The predicted molar refractivity (Wildman–Crippen MR) is 109 cm³/mol. The summed E-state index contributed by atoms with van der Waals surface area (Å²) >= 11 is 0. The summed E-state index contributed by atoms with van der Waals surface area (Å²) < 4.78 is 37.3. The molecule has 3 saturated heterocycles. The molecular weight excluding hydrogens is 408 g/mol. The Morgan fingerprint density at radius 1 is 1.00 bits per heavy atom. The first-order valence-electron chi connectivity index (χ1n) is 11.1. The number of nitrogens with zero attached hydrogens (tertiary/aromatic N) is 4. The monoisotopic (exact) mass is 440 g/mol. The van der Waals surface area contributed by atoms with Gasteiger partial charge in [-0.3, -0.25) is 4.79 Å². The molecule has 10 heteroatoms. The summed E-state index contributed by atoms with van der Waals surface area (Å²) in [5, 5.41) is 8.42. The zero-order valence-electron chi connectivity index (χ0n) is 17.7. The van der Waals surface area contributed by atoms with E-state index < -0.39 is 10.0 Å². The lowest BCUT2D eigenvalue weighted by Gasteiger charge is -2.32. The smallest absolute Gasteiger partial charge is 0.234 e. The fraction of sp³-hybridized carbons (Fsp3) is 0.850. The highest BCUT2D eigenvalue weighted by Crippen LogP contribution is 2.34. The SMILES string of the molecule is CS(=O)(=O)N1CCCCC1c1nnc(C2CCN(C(=O)CC3CCCCO3)CC2)o1. The summed E-state index contributed by atoms with van der Waals surface area (Å²) in [4.78, 5) is 14.5. The molecule has 2 atom stereocenters. The molecule has 1 aromatic heterocycles. The lowest BCUT2D eigenvalue weighted by Crippen LogP contribution is -2.40. The van der Waals surface area contributed by atoms with E-state index in [2.05, 4.69) is 10.2 Å². The number of sulfonamides is 1. The van der Waals surface area contributed by atoms with Crippen LogP contribution in [-0.2, 0) is 19.6 Å². The van der Waals surface area contributed by atoms with Gasteiger partial charge < -0.3 is 14.1 Å². The third-order valence-corrected chi connectivity index (χ3v) is 7.78. The van der Waals surface area contributed by atoms with Crippen molar-refractivity contribution in [3.63, 3.8) is 0 Å². The van der Waals surface area contributed by atoms with E-state index in [4.69, 9.17) is 9.15 Å². The number of carbonyl (C=O) groups excluding carboxylic acids is 1. The fourth-order valence-corrected chi connectivity index (χ4v) is 5.88. The second kappa shape index (κ2) is 9.32. The predicted octanol–water partition coefficient (Wildman–Crippen LogP) is 2.22. The Morgan fingerprint density at radius 3 is 2.43 bits per heavy atom. The maximum absolute atomic E-state index is 12.6. The Balaban J connectivity index is 1.33. The third kappa shape index (κ3) is 5.03. The molecule has 1 amide bonds. The number of amides is 1. The minimum Gasteiger partial charge on any atom is -0.423 e. The lowest BCUT2D eigenvalue weighted by atomic mass is 9.96. The molecule has 0 spiro atoms. The van der Waals surface area contributed by atoms with Crippen molar-refractivity contribution in [1.29, 1.82) is 0 Å². The molecule has 0 bridgehead atoms. The number of hydrogen-bond donors (Lipinski definition) is 0. The molecule has 0 N–H and O–H groups in total. The first-order valence-corrected chi connectivity index (χ1v) is 13.0. The zero-order valence-corrected chi connectivity index (χ0v) is 18.5. The molecule has 30 heavy (non-hydrogen) atoms. The number of likely N-dealkylation sites (tertiary alicyclic amines) is 1. The molecule has 0 saturated carbocycles. The molecular formula is C20H32N4O5S. The van der Waals surface area contributed by atoms with Crippen molar-refractivity contribution in [1.82, 2.24) is 19.4 Å². The second-order valence-electron chi connectivity index (χ2n) is 8.71. The van der Waals surface area contributed by atoms with Gasteiger partial charge in [-0.2, -0.15) is 4.31 Å². The van der Waals surface area contributed by atoms with Crippen LogP contribution in [0.1, 0.15) is 81.5 Å². The molecule has 4 heterocycles. The van der Waals surface area contributed by atoms with Crippen LogP contribution in [0.25, 0.3) is 0 Å². The van der Waals surface area contributed by atoms with E-state index in [9.17, 15) is 13.2 Å². The van der Waals surface area contributed by atoms with Gasteiger partial charge in [0, 0.05) is 32.2 Å². The zero-order chi connectivity index (χ0) is 21.1. The maximum Gasteiger partial charge on any atom is 0.234 e. The van der Waals surface area contributed by atoms with E-state index in [0.717, 1.165) is 51.6 Å². The van der Waals surface area contributed by atoms with Gasteiger partial charge in [0.05, 0.1) is 18.8 Å². The van der Waals surface area contributed by atoms with Crippen LogP contribution in [0.3, 0.4) is 0 Å². The maximum atomic E-state index is 12.6. The summed E-state index contributed by atoms with van der Waals surface area (Å²) in [6, 6.07) is -0.368. The van der Waals surface area contributed by atoms with Gasteiger partial charge in [-0.25, -0.2) is 8.42 Å². The Labute approximate surface area is 178 Å². The highest BCUT2D eigenvalue weighted by molar-refractivity contribution is 7.88. The third-order valence-electron chi connectivity index (χ3n) is 6.49. The molecule has 2 unspecified atom stereocenters. The standard InChI is InChI=1S/C20H32N4O5S/c1-30(26,27)24-10-4-2-7-17(24)20-22-21-19(29-20)15-8-11-23(12-9-15)18(25)14-16-6-3-5-13-28-16/h15-17H,2-14H2,1H3. The van der Waals surface area contributed by atoms with Gasteiger partial charge in [-0.1, -0.05) is 6.42 Å². The van der Waals surface area contributed by atoms with Gasteiger partial charge in [-0.05, 0) is 44.9 Å². The normalized spacial score (nSPS) is 27.3. The van der Waals surface area contributed by atoms with Crippen LogP contribution in [0, 0.1) is 0 Å². The largest absolute Gasteiger partial charge is 0.423 e. The minimum atomic E-state index is -3.32. The molecule has 4 rings (SSSR count). The van der Waals surface area contributed by atoms with E-state index in [0.29, 0.717) is 44.3 Å². The molecule has 0 aliphatic carbocycles. The molecule has 168 valence electrons. The molecule has 3 aliphatic rings. The first kappa shape index (κ1) is 21.7. The van der Waals surface area contributed by atoms with Crippen LogP contribution in [0.15, 0.2) is 4.42 Å². The van der Waals surface area contributed by atoms with E-state index in [1.165, 1.54) is 10.6 Å². The molecule has 3 fully saturated rings. The molecule has 0 radical (unpaired) electrons. The van der Waals surface area contributed by atoms with Crippen molar-refractivity contribution in [3.05, 3.63) is 11.8 Å². The van der Waals surface area contributed by atoms with Gasteiger partial charge in [0.25, 0.3) is 0 Å². The first-order chi connectivity index (χ1) is 14.4. The molecule has 3 aliphatic heterocycles. The fourth-order valence-electron chi connectivity index (χ4n) is 4.76. The second-order valence-corrected chi connectivity index (χ2v) is 10.6. The number of hydrogen-bond acceptors (Lipinski definition) is 7. The topological polar surface area (TPSA) is 106 Å². The van der Waals surface area contributed by atoms with Crippen molar-refractivity contribution in [2.75, 3.05) is 32.5 Å². The van der Waals surface area contributed by atoms with Crippen molar-refractivity contribution < 1.29 is 22.4 Å². The lowest BCUT2D eigenvalue weighted by molar-refractivity contribution is -0.136. The Kier molecular flexibility index (Phi) is 6.74. The Bertz CT molecular complexity index is 828. The van der Waals surface area contributed by atoms with Gasteiger partial charge in [0.15, 0.2) is 0 Å². The van der Waals surface area contributed by atoms with Crippen LogP contribution in [0.4, 0.5) is 0 Å². The van der Waals surface area contributed by atoms with Crippen LogP contribution in [0.2, 0.25) is 0 Å². The number of piperidine rings is 2. The summed E-state index contributed by atoms with van der Waals surface area (Å²) in [5.74, 6) is 1.23. The Morgan fingerprint density at radius 2 is 1.73 bits per heavy atom. The summed E-state index contributed by atoms with van der Waals surface area (Å²) in [7, 11) is -3.32. The van der Waals surface area contributed by atoms with Crippen molar-refractivity contribution >= 4 is 15.9 Å². The summed E-state index contributed by atoms with van der Waals surface area (Å²) in [6.45, 7) is 2.60. The van der Waals surface area contributed by atoms with E-state index in [1.54, 1.807) is 0 Å². The van der Waals surface area contributed by atoms with Crippen molar-refractivity contribution in [2.24, 2.45) is 0 Å². The number of aromatic nitrogens is 2. The van der Waals surface area contributed by atoms with Crippen LogP contribution >= 0.6 is 0 Å². The number of rotatable bonds is 5. The van der Waals surface area contributed by atoms with Crippen LogP contribution in [-0.4, -0.2) is 72.3 Å². The van der Waals surface area contributed by atoms with Crippen molar-refractivity contribution in [3.8, 4) is 0 Å². The number of carbonyl (C=O) groups is 1. The van der Waals surface area contributed by atoms with E-state index in [1.807, 2.05) is 4.90 Å². The van der Waals surface area contributed by atoms with Crippen LogP contribution < -0.4 is 0 Å². The highest BCUT2D eigenvalue weighted by Gasteiger charge is 2.35. The average Bonchev–Trinajstić information content (AvgIpc) is 3.24. The minimum absolute atomic E-state index is 0.0655. The van der Waals surface area contributed by atoms with Gasteiger partial charge in [-0.15, -0.1) is 10.2 Å². The van der Waals surface area contributed by atoms with Gasteiger partial charge in [0.1, 0.15) is 6.04 Å². The van der Waals surface area contributed by atoms with Crippen LogP contribution in [0.5, 0.6) is 0 Å². The Hall–Kier alpha value is -1.52. The molecule has 9 nitrogen and oxygen atoms in total. The van der Waals surface area contributed by atoms with Gasteiger partial charge in [0.2, 0.25) is 27.7 Å².